The summed E-state index contributed by atoms with van der Waals surface area (Å²) in [7, 11) is 3.42. The summed E-state index contributed by atoms with van der Waals surface area (Å²) in [6, 6.07) is 9.15. The Balaban J connectivity index is 1.75. The zero-order valence-electron chi connectivity index (χ0n) is 15.4. The predicted molar refractivity (Wildman–Crippen MR) is 100 cm³/mol. The molecule has 1 aromatic carbocycles. The second kappa shape index (κ2) is 8.17. The second-order valence-corrected chi connectivity index (χ2v) is 6.74. The Hall–Kier alpha value is -2.63. The van der Waals surface area contributed by atoms with E-state index in [2.05, 4.69) is 4.98 Å². The van der Waals surface area contributed by atoms with Crippen molar-refractivity contribution >= 4 is 5.91 Å². The molecule has 0 atom stereocenters. The summed E-state index contributed by atoms with van der Waals surface area (Å²) in [6.45, 7) is 0.0189. The summed E-state index contributed by atoms with van der Waals surface area (Å²) < 4.78 is 6.69. The molecule has 0 aliphatic heterocycles. The van der Waals surface area contributed by atoms with Crippen LogP contribution in [0.2, 0.25) is 0 Å². The molecular formula is C20H25N3O3. The first kappa shape index (κ1) is 18.2. The van der Waals surface area contributed by atoms with Crippen molar-refractivity contribution in [1.29, 1.82) is 0 Å². The number of methoxy groups -OCH3 is 1. The van der Waals surface area contributed by atoms with Crippen molar-refractivity contribution in [3.05, 3.63) is 47.0 Å². The standard InChI is InChI=1S/C20H25N3O3/c1-22(15-8-4-3-5-9-15)20(25)13-23-14-21-17(12-19(23)24)16-10-6-7-11-18(16)26-2/h6-7,10-12,14-15H,3-5,8-9,13H2,1-2H3. The molecule has 1 heterocycles. The molecule has 2 aromatic rings. The van der Waals surface area contributed by atoms with Gasteiger partial charge < -0.3 is 9.64 Å². The Morgan fingerprint density at radius 2 is 2.00 bits per heavy atom. The van der Waals surface area contributed by atoms with Gasteiger partial charge in [-0.1, -0.05) is 31.4 Å². The van der Waals surface area contributed by atoms with Crippen LogP contribution in [0.5, 0.6) is 5.75 Å². The highest BCUT2D eigenvalue weighted by atomic mass is 16.5. The minimum absolute atomic E-state index is 0.0189. The van der Waals surface area contributed by atoms with Gasteiger partial charge in [-0.2, -0.15) is 0 Å². The Morgan fingerprint density at radius 3 is 2.69 bits per heavy atom. The number of likely N-dealkylation sites (N-methyl/N-ethyl adjacent to an activating group) is 1. The highest BCUT2D eigenvalue weighted by Crippen LogP contribution is 2.27. The van der Waals surface area contributed by atoms with E-state index in [1.165, 1.54) is 23.4 Å². The SMILES string of the molecule is COc1ccccc1-c1cc(=O)n(CC(=O)N(C)C2CCCCC2)cn1. The summed E-state index contributed by atoms with van der Waals surface area (Å²) in [5, 5.41) is 0. The number of rotatable bonds is 5. The number of carbonyl (C=O) groups excluding carboxylic acids is 1. The second-order valence-electron chi connectivity index (χ2n) is 6.74. The van der Waals surface area contributed by atoms with Gasteiger partial charge in [0.25, 0.3) is 5.56 Å². The molecule has 6 nitrogen and oxygen atoms in total. The van der Waals surface area contributed by atoms with Crippen molar-refractivity contribution < 1.29 is 9.53 Å². The molecule has 1 amide bonds. The number of hydrogen-bond donors (Lipinski definition) is 0. The number of benzene rings is 1. The molecule has 0 bridgehead atoms. The maximum absolute atomic E-state index is 12.5. The fraction of sp³-hybridized carbons (Fsp3) is 0.450. The molecule has 0 radical (unpaired) electrons. The molecule has 138 valence electrons. The van der Waals surface area contributed by atoms with Crippen LogP contribution in [0.3, 0.4) is 0 Å². The quantitative estimate of drug-likeness (QED) is 0.827. The van der Waals surface area contributed by atoms with Gasteiger partial charge in [-0.3, -0.25) is 14.2 Å². The Kier molecular flexibility index (Phi) is 5.71. The first-order chi connectivity index (χ1) is 12.6. The van der Waals surface area contributed by atoms with Crippen molar-refractivity contribution in [2.45, 2.75) is 44.7 Å². The molecule has 6 heteroatoms. The molecule has 1 aliphatic carbocycles. The normalized spacial score (nSPS) is 14.8. The topological polar surface area (TPSA) is 64.4 Å². The molecule has 3 rings (SSSR count). The van der Waals surface area contributed by atoms with Crippen LogP contribution < -0.4 is 10.3 Å². The van der Waals surface area contributed by atoms with Gasteiger partial charge in [-0.25, -0.2) is 4.98 Å². The van der Waals surface area contributed by atoms with E-state index < -0.39 is 0 Å². The molecule has 1 aromatic heterocycles. The van der Waals surface area contributed by atoms with E-state index in [1.807, 2.05) is 31.3 Å². The maximum Gasteiger partial charge on any atom is 0.254 e. The van der Waals surface area contributed by atoms with Gasteiger partial charge in [-0.05, 0) is 25.0 Å². The van der Waals surface area contributed by atoms with Gasteiger partial charge in [0.05, 0.1) is 19.1 Å². The molecule has 1 fully saturated rings. The lowest BCUT2D eigenvalue weighted by Crippen LogP contribution is -2.41. The minimum atomic E-state index is -0.244. The summed E-state index contributed by atoms with van der Waals surface area (Å²) in [4.78, 5) is 31.1. The summed E-state index contributed by atoms with van der Waals surface area (Å²) in [5.41, 5.74) is 1.05. The molecule has 0 saturated heterocycles. The fourth-order valence-corrected chi connectivity index (χ4v) is 3.48. The Labute approximate surface area is 153 Å². The summed E-state index contributed by atoms with van der Waals surface area (Å²) >= 11 is 0. The van der Waals surface area contributed by atoms with Crippen LogP contribution in [0, 0.1) is 0 Å². The largest absolute Gasteiger partial charge is 0.496 e. The lowest BCUT2D eigenvalue weighted by atomic mass is 9.94. The lowest BCUT2D eigenvalue weighted by molar-refractivity contribution is -0.133. The van der Waals surface area contributed by atoms with Crippen LogP contribution in [-0.2, 0) is 11.3 Å². The van der Waals surface area contributed by atoms with Crippen molar-refractivity contribution in [2.75, 3.05) is 14.2 Å². The average molecular weight is 355 g/mol. The van der Waals surface area contributed by atoms with Crippen LogP contribution in [0.15, 0.2) is 41.5 Å². The molecule has 26 heavy (non-hydrogen) atoms. The van der Waals surface area contributed by atoms with Gasteiger partial charge in [0.15, 0.2) is 0 Å². The fourth-order valence-electron chi connectivity index (χ4n) is 3.48. The molecule has 0 spiro atoms. The van der Waals surface area contributed by atoms with Gasteiger partial charge in [-0.15, -0.1) is 0 Å². The highest BCUT2D eigenvalue weighted by Gasteiger charge is 2.22. The predicted octanol–water partition coefficient (Wildman–Crippen LogP) is 2.71. The third-order valence-electron chi connectivity index (χ3n) is 5.08. The van der Waals surface area contributed by atoms with Gasteiger partial charge in [0.1, 0.15) is 12.3 Å². The zero-order valence-corrected chi connectivity index (χ0v) is 15.4. The van der Waals surface area contributed by atoms with E-state index in [0.717, 1.165) is 31.2 Å². The zero-order chi connectivity index (χ0) is 18.5. The molecular weight excluding hydrogens is 330 g/mol. The van der Waals surface area contributed by atoms with Crippen LogP contribution in [0.1, 0.15) is 32.1 Å². The van der Waals surface area contributed by atoms with E-state index in [1.54, 1.807) is 12.0 Å². The summed E-state index contributed by atoms with van der Waals surface area (Å²) in [5.74, 6) is 0.607. The summed E-state index contributed by atoms with van der Waals surface area (Å²) in [6.07, 6.45) is 7.10. The third-order valence-corrected chi connectivity index (χ3v) is 5.08. The van der Waals surface area contributed by atoms with Crippen molar-refractivity contribution in [1.82, 2.24) is 14.5 Å². The third kappa shape index (κ3) is 3.95. The number of amides is 1. The molecule has 1 saturated carbocycles. The van der Waals surface area contributed by atoms with Crippen LogP contribution >= 0.6 is 0 Å². The minimum Gasteiger partial charge on any atom is -0.496 e. The molecule has 0 unspecified atom stereocenters. The number of hydrogen-bond acceptors (Lipinski definition) is 4. The van der Waals surface area contributed by atoms with Gasteiger partial charge in [0.2, 0.25) is 5.91 Å². The molecule has 1 aliphatic rings. The Morgan fingerprint density at radius 1 is 1.27 bits per heavy atom. The van der Waals surface area contributed by atoms with E-state index in [0.29, 0.717) is 11.4 Å². The number of ether oxygens (including phenoxy) is 1. The lowest BCUT2D eigenvalue weighted by Gasteiger charge is -2.31. The van der Waals surface area contributed by atoms with Crippen LogP contribution in [0.4, 0.5) is 0 Å². The van der Waals surface area contributed by atoms with Gasteiger partial charge >= 0.3 is 0 Å². The Bertz CT molecular complexity index is 825. The number of para-hydroxylation sites is 1. The van der Waals surface area contributed by atoms with E-state index in [-0.39, 0.29) is 24.1 Å². The highest BCUT2D eigenvalue weighted by molar-refractivity contribution is 5.76. The number of aromatic nitrogens is 2. The molecule has 0 N–H and O–H groups in total. The first-order valence-electron chi connectivity index (χ1n) is 9.05. The van der Waals surface area contributed by atoms with Crippen LogP contribution in [0.25, 0.3) is 11.3 Å². The number of nitrogens with zero attached hydrogens (tertiary/aromatic N) is 3. The van der Waals surface area contributed by atoms with Crippen molar-refractivity contribution in [3.63, 3.8) is 0 Å². The monoisotopic (exact) mass is 355 g/mol. The van der Waals surface area contributed by atoms with Gasteiger partial charge in [0, 0.05) is 24.7 Å². The average Bonchev–Trinajstić information content (AvgIpc) is 2.69. The van der Waals surface area contributed by atoms with E-state index in [9.17, 15) is 9.59 Å². The first-order valence-corrected chi connectivity index (χ1v) is 9.05. The number of carbonyl (C=O) groups is 1. The smallest absolute Gasteiger partial charge is 0.254 e. The van der Waals surface area contributed by atoms with Crippen molar-refractivity contribution in [2.24, 2.45) is 0 Å². The van der Waals surface area contributed by atoms with E-state index in [4.69, 9.17) is 4.74 Å². The van der Waals surface area contributed by atoms with Crippen molar-refractivity contribution in [3.8, 4) is 17.0 Å². The maximum atomic E-state index is 12.5. The van der Waals surface area contributed by atoms with Crippen LogP contribution in [-0.4, -0.2) is 40.6 Å². The van der Waals surface area contributed by atoms with E-state index >= 15 is 0 Å².